The molecule has 3 heterocycles. The molecule has 0 saturated carbocycles. The number of imidazole rings is 1. The monoisotopic (exact) mass is 460 g/mol. The molecule has 0 spiro atoms. The maximum atomic E-state index is 12.1. The van der Waals surface area contributed by atoms with E-state index in [1.54, 1.807) is 0 Å². The summed E-state index contributed by atoms with van der Waals surface area (Å²) in [7, 11) is 1.44. The Bertz CT molecular complexity index is 1300. The lowest BCUT2D eigenvalue weighted by Gasteiger charge is -2.17. The Morgan fingerprint density at radius 1 is 1.03 bits per heavy atom. The van der Waals surface area contributed by atoms with Gasteiger partial charge in [-0.3, -0.25) is 9.36 Å². The summed E-state index contributed by atoms with van der Waals surface area (Å²) in [5, 5.41) is 26.8. The lowest BCUT2D eigenvalue weighted by atomic mass is 10.1. The number of aliphatic hydroxyl groups is 2. The normalized spacial score (nSPS) is 22.1. The number of hydrogen-bond acceptors (Lipinski definition) is 8. The van der Waals surface area contributed by atoms with Crippen molar-refractivity contribution >= 4 is 22.9 Å². The number of carbonyl (C=O) groups is 1. The summed E-state index contributed by atoms with van der Waals surface area (Å²) in [6, 6.07) is 19.4. The van der Waals surface area contributed by atoms with Gasteiger partial charge < -0.3 is 25.6 Å². The SMILES string of the molecule is CNC(=O)[C@H]1O[C@H](n2cnc3c(NCc4ccccc4)nc(-c4ccccc4)nc32)[C@@H](O)[C@@H]1O. The van der Waals surface area contributed by atoms with Crippen LogP contribution in [0.3, 0.4) is 0 Å². The highest BCUT2D eigenvalue weighted by atomic mass is 16.6. The summed E-state index contributed by atoms with van der Waals surface area (Å²) in [5.41, 5.74) is 2.75. The second-order valence-corrected chi connectivity index (χ2v) is 7.97. The largest absolute Gasteiger partial charge is 0.387 e. The summed E-state index contributed by atoms with van der Waals surface area (Å²) in [4.78, 5) is 25.9. The summed E-state index contributed by atoms with van der Waals surface area (Å²) in [6.45, 7) is 0.522. The number of anilines is 1. The van der Waals surface area contributed by atoms with E-state index in [4.69, 9.17) is 14.7 Å². The third-order valence-electron chi connectivity index (χ3n) is 5.77. The fourth-order valence-corrected chi connectivity index (χ4v) is 3.97. The predicted molar refractivity (Wildman–Crippen MR) is 125 cm³/mol. The minimum absolute atomic E-state index is 0.401. The lowest BCUT2D eigenvalue weighted by molar-refractivity contribution is -0.137. The molecule has 10 heteroatoms. The highest BCUT2D eigenvalue weighted by molar-refractivity contribution is 5.85. The van der Waals surface area contributed by atoms with Gasteiger partial charge in [-0.15, -0.1) is 0 Å². The van der Waals surface area contributed by atoms with Crippen LogP contribution < -0.4 is 10.6 Å². The van der Waals surface area contributed by atoms with Crippen LogP contribution in [0.1, 0.15) is 11.8 Å². The number of likely N-dealkylation sites (N-methyl/N-ethyl adjacent to an activating group) is 1. The fourth-order valence-electron chi connectivity index (χ4n) is 3.97. The zero-order valence-electron chi connectivity index (χ0n) is 18.4. The van der Waals surface area contributed by atoms with E-state index in [-0.39, 0.29) is 0 Å². The van der Waals surface area contributed by atoms with E-state index in [2.05, 4.69) is 15.6 Å². The second kappa shape index (κ2) is 9.18. The number of rotatable bonds is 6. The number of aromatic nitrogens is 4. The van der Waals surface area contributed by atoms with E-state index in [9.17, 15) is 15.0 Å². The van der Waals surface area contributed by atoms with Crippen molar-refractivity contribution in [2.45, 2.75) is 31.1 Å². The van der Waals surface area contributed by atoms with E-state index in [1.165, 1.54) is 17.9 Å². The van der Waals surface area contributed by atoms with Crippen LogP contribution in [0.4, 0.5) is 5.82 Å². The van der Waals surface area contributed by atoms with E-state index in [0.29, 0.717) is 29.4 Å². The van der Waals surface area contributed by atoms with Gasteiger partial charge in [0.25, 0.3) is 5.91 Å². The number of aliphatic hydroxyl groups excluding tert-OH is 2. The first-order valence-corrected chi connectivity index (χ1v) is 10.9. The molecule has 1 saturated heterocycles. The minimum atomic E-state index is -1.39. The molecule has 2 aromatic heterocycles. The maximum absolute atomic E-state index is 12.1. The highest BCUT2D eigenvalue weighted by Crippen LogP contribution is 2.33. The third kappa shape index (κ3) is 3.98. The number of benzene rings is 2. The first-order valence-electron chi connectivity index (χ1n) is 10.9. The Hall–Kier alpha value is -3.86. The van der Waals surface area contributed by atoms with Gasteiger partial charge in [0, 0.05) is 19.2 Å². The number of nitrogens with one attached hydrogen (secondary N) is 2. The zero-order chi connectivity index (χ0) is 23.7. The average molecular weight is 460 g/mol. The average Bonchev–Trinajstić information content (AvgIpc) is 3.44. The number of carbonyl (C=O) groups excluding carboxylic acids is 1. The fraction of sp³-hybridized carbons (Fsp3) is 0.250. The molecule has 2 aromatic carbocycles. The smallest absolute Gasteiger partial charge is 0.251 e. The van der Waals surface area contributed by atoms with E-state index < -0.39 is 30.4 Å². The van der Waals surface area contributed by atoms with Crippen LogP contribution in [-0.4, -0.2) is 61.0 Å². The zero-order valence-corrected chi connectivity index (χ0v) is 18.4. The van der Waals surface area contributed by atoms with Crippen molar-refractivity contribution < 1.29 is 19.7 Å². The van der Waals surface area contributed by atoms with Gasteiger partial charge >= 0.3 is 0 Å². The van der Waals surface area contributed by atoms with Crippen molar-refractivity contribution in [2.75, 3.05) is 12.4 Å². The Morgan fingerprint density at radius 3 is 2.44 bits per heavy atom. The van der Waals surface area contributed by atoms with Crippen LogP contribution in [0.5, 0.6) is 0 Å². The van der Waals surface area contributed by atoms with Gasteiger partial charge in [-0.25, -0.2) is 15.0 Å². The van der Waals surface area contributed by atoms with E-state index in [0.717, 1.165) is 11.1 Å². The third-order valence-corrected chi connectivity index (χ3v) is 5.77. The molecule has 10 nitrogen and oxygen atoms in total. The van der Waals surface area contributed by atoms with Crippen LogP contribution in [0.15, 0.2) is 67.0 Å². The number of nitrogens with zero attached hydrogens (tertiary/aromatic N) is 4. The summed E-state index contributed by atoms with van der Waals surface area (Å²) in [6.07, 6.45) is -3.55. The molecular weight excluding hydrogens is 436 g/mol. The van der Waals surface area contributed by atoms with E-state index in [1.807, 2.05) is 60.7 Å². The number of hydrogen-bond donors (Lipinski definition) is 4. The lowest BCUT2D eigenvalue weighted by Crippen LogP contribution is -2.41. The van der Waals surface area contributed by atoms with Gasteiger partial charge in [0.1, 0.15) is 12.2 Å². The van der Waals surface area contributed by atoms with Gasteiger partial charge in [0.05, 0.1) is 6.33 Å². The van der Waals surface area contributed by atoms with Gasteiger partial charge in [-0.2, -0.15) is 0 Å². The molecule has 4 atom stereocenters. The van der Waals surface area contributed by atoms with Crippen molar-refractivity contribution in [1.82, 2.24) is 24.8 Å². The van der Waals surface area contributed by atoms with Crippen LogP contribution >= 0.6 is 0 Å². The van der Waals surface area contributed by atoms with Crippen molar-refractivity contribution in [3.63, 3.8) is 0 Å². The molecule has 1 amide bonds. The predicted octanol–water partition coefficient (Wildman–Crippen LogP) is 1.47. The molecule has 34 heavy (non-hydrogen) atoms. The van der Waals surface area contributed by atoms with E-state index >= 15 is 0 Å². The van der Waals surface area contributed by atoms with Crippen LogP contribution in [0.2, 0.25) is 0 Å². The molecule has 1 fully saturated rings. The molecule has 0 aliphatic carbocycles. The molecule has 1 aliphatic rings. The van der Waals surface area contributed by atoms with Crippen LogP contribution in [0, 0.1) is 0 Å². The first kappa shape index (κ1) is 22.0. The Morgan fingerprint density at radius 2 is 1.74 bits per heavy atom. The summed E-state index contributed by atoms with van der Waals surface area (Å²) >= 11 is 0. The summed E-state index contributed by atoms with van der Waals surface area (Å²) in [5.74, 6) is 0.451. The van der Waals surface area contributed by atoms with Crippen LogP contribution in [0.25, 0.3) is 22.6 Å². The quantitative estimate of drug-likeness (QED) is 0.340. The molecule has 0 radical (unpaired) electrons. The van der Waals surface area contributed by atoms with Crippen molar-refractivity contribution in [1.29, 1.82) is 0 Å². The van der Waals surface area contributed by atoms with Gasteiger partial charge in [-0.1, -0.05) is 60.7 Å². The molecule has 0 bridgehead atoms. The summed E-state index contributed by atoms with van der Waals surface area (Å²) < 4.78 is 7.26. The molecular formula is C24H24N6O4. The topological polar surface area (TPSA) is 134 Å². The molecule has 174 valence electrons. The molecule has 4 N–H and O–H groups in total. The minimum Gasteiger partial charge on any atom is -0.387 e. The Balaban J connectivity index is 1.57. The van der Waals surface area contributed by atoms with Crippen molar-refractivity contribution in [3.05, 3.63) is 72.6 Å². The number of ether oxygens (including phenoxy) is 1. The van der Waals surface area contributed by atoms with Crippen LogP contribution in [-0.2, 0) is 16.1 Å². The van der Waals surface area contributed by atoms with Gasteiger partial charge in [0.2, 0.25) is 0 Å². The maximum Gasteiger partial charge on any atom is 0.251 e. The second-order valence-electron chi connectivity index (χ2n) is 7.97. The molecule has 5 rings (SSSR count). The molecule has 0 unspecified atom stereocenters. The molecule has 1 aliphatic heterocycles. The Kier molecular flexibility index (Phi) is 5.93. The highest BCUT2D eigenvalue weighted by Gasteiger charge is 2.47. The standard InChI is InChI=1S/C24H24N6O4/c1-25-23(33)19-17(31)18(32)24(34-19)30-13-27-16-21(26-12-14-8-4-2-5-9-14)28-20(29-22(16)30)15-10-6-3-7-11-15/h2-11,13,17-19,24,31-32H,12H2,1H3,(H,25,33)(H,26,28,29)/t17-,18-,19-,24-/m0/s1. The number of fused-ring (bicyclic) bond motifs is 1. The molecule has 4 aromatic rings. The Labute approximate surface area is 195 Å². The van der Waals surface area contributed by atoms with Crippen molar-refractivity contribution in [3.8, 4) is 11.4 Å². The first-order chi connectivity index (χ1) is 16.6. The van der Waals surface area contributed by atoms with Crippen molar-refractivity contribution in [2.24, 2.45) is 0 Å². The number of amides is 1. The van der Waals surface area contributed by atoms with Gasteiger partial charge in [-0.05, 0) is 5.56 Å². The van der Waals surface area contributed by atoms with Gasteiger partial charge in [0.15, 0.2) is 35.1 Å².